The van der Waals surface area contributed by atoms with E-state index in [1.807, 2.05) is 6.92 Å². The Bertz CT molecular complexity index is 608. The third kappa shape index (κ3) is 2.49. The third-order valence-electron chi connectivity index (χ3n) is 2.86. The molecule has 1 saturated carbocycles. The standard InChI is InChI=1S/C10H11BrClFN2O2S/c1-4-2-6(4)15-18(16,17)7-3-5(12)8(11)10(14)9(7)13/h3-4,6,15H,2,14H2,1H3. The Morgan fingerprint density at radius 2 is 2.17 bits per heavy atom. The number of halogens is 3. The van der Waals surface area contributed by atoms with Gasteiger partial charge in [0, 0.05) is 6.04 Å². The number of nitrogens with two attached hydrogens (primary N) is 1. The van der Waals surface area contributed by atoms with Crippen molar-refractivity contribution in [1.29, 1.82) is 0 Å². The van der Waals surface area contributed by atoms with Gasteiger partial charge in [-0.05, 0) is 34.3 Å². The topological polar surface area (TPSA) is 72.2 Å². The van der Waals surface area contributed by atoms with E-state index in [1.54, 1.807) is 0 Å². The molecule has 0 bridgehead atoms. The molecule has 0 heterocycles. The summed E-state index contributed by atoms with van der Waals surface area (Å²) in [6.45, 7) is 1.91. The highest BCUT2D eigenvalue weighted by Crippen LogP contribution is 2.36. The molecule has 8 heteroatoms. The lowest BCUT2D eigenvalue weighted by atomic mass is 10.3. The number of hydrogen-bond acceptors (Lipinski definition) is 3. The Morgan fingerprint density at radius 1 is 1.61 bits per heavy atom. The van der Waals surface area contributed by atoms with Crippen molar-refractivity contribution in [3.05, 3.63) is 21.4 Å². The van der Waals surface area contributed by atoms with E-state index in [0.29, 0.717) is 0 Å². The lowest BCUT2D eigenvalue weighted by molar-refractivity contribution is 0.556. The molecule has 2 unspecified atom stereocenters. The number of anilines is 1. The molecular formula is C10H11BrClFN2O2S. The minimum absolute atomic E-state index is 0.0538. The molecular weight excluding hydrogens is 347 g/mol. The van der Waals surface area contributed by atoms with Crippen LogP contribution < -0.4 is 10.5 Å². The summed E-state index contributed by atoms with van der Waals surface area (Å²) in [5.74, 6) is -0.724. The molecule has 1 aliphatic carbocycles. The van der Waals surface area contributed by atoms with Gasteiger partial charge in [0.1, 0.15) is 4.90 Å². The number of sulfonamides is 1. The van der Waals surface area contributed by atoms with Crippen molar-refractivity contribution in [1.82, 2.24) is 4.72 Å². The number of benzene rings is 1. The van der Waals surface area contributed by atoms with Crippen LogP contribution in [-0.4, -0.2) is 14.5 Å². The maximum Gasteiger partial charge on any atom is 0.243 e. The highest BCUT2D eigenvalue weighted by Gasteiger charge is 2.37. The largest absolute Gasteiger partial charge is 0.395 e. The minimum Gasteiger partial charge on any atom is -0.395 e. The van der Waals surface area contributed by atoms with Gasteiger partial charge in [0.2, 0.25) is 10.0 Å². The summed E-state index contributed by atoms with van der Waals surface area (Å²) in [5, 5.41) is 0.0538. The van der Waals surface area contributed by atoms with Crippen molar-refractivity contribution in [3.63, 3.8) is 0 Å². The average Bonchev–Trinajstić information content (AvgIpc) is 2.95. The normalized spacial score (nSPS) is 23.1. The van der Waals surface area contributed by atoms with Crippen LogP contribution in [0.15, 0.2) is 15.4 Å². The predicted octanol–water partition coefficient (Wildman–Crippen LogP) is 2.51. The SMILES string of the molecule is CC1CC1NS(=O)(=O)c1cc(Cl)c(Br)c(N)c1F. The molecule has 100 valence electrons. The fraction of sp³-hybridized carbons (Fsp3) is 0.400. The summed E-state index contributed by atoms with van der Waals surface area (Å²) in [6.07, 6.45) is 0.751. The molecule has 0 saturated heterocycles. The smallest absolute Gasteiger partial charge is 0.243 e. The quantitative estimate of drug-likeness (QED) is 0.645. The lowest BCUT2D eigenvalue weighted by Crippen LogP contribution is -2.28. The zero-order chi connectivity index (χ0) is 13.7. The van der Waals surface area contributed by atoms with Gasteiger partial charge in [0.15, 0.2) is 5.82 Å². The zero-order valence-electron chi connectivity index (χ0n) is 9.38. The van der Waals surface area contributed by atoms with Gasteiger partial charge >= 0.3 is 0 Å². The van der Waals surface area contributed by atoms with Gasteiger partial charge in [-0.2, -0.15) is 0 Å². The van der Waals surface area contributed by atoms with Gasteiger partial charge in [-0.1, -0.05) is 18.5 Å². The number of nitrogen functional groups attached to an aromatic ring is 1. The fourth-order valence-electron chi connectivity index (χ4n) is 1.54. The molecule has 0 radical (unpaired) electrons. The van der Waals surface area contributed by atoms with Gasteiger partial charge < -0.3 is 5.73 Å². The van der Waals surface area contributed by atoms with Gasteiger partial charge in [-0.3, -0.25) is 0 Å². The molecule has 0 amide bonds. The molecule has 3 N–H and O–H groups in total. The molecule has 0 aliphatic heterocycles. The van der Waals surface area contributed by atoms with E-state index in [4.69, 9.17) is 17.3 Å². The van der Waals surface area contributed by atoms with Crippen LogP contribution in [0.1, 0.15) is 13.3 Å². The molecule has 18 heavy (non-hydrogen) atoms. The zero-order valence-corrected chi connectivity index (χ0v) is 12.5. The Balaban J connectivity index is 2.44. The molecule has 4 nitrogen and oxygen atoms in total. The first-order valence-electron chi connectivity index (χ1n) is 5.19. The minimum atomic E-state index is -3.93. The van der Waals surface area contributed by atoms with Crippen molar-refractivity contribution < 1.29 is 12.8 Å². The molecule has 2 atom stereocenters. The highest BCUT2D eigenvalue weighted by molar-refractivity contribution is 9.10. The van der Waals surface area contributed by atoms with Crippen LogP contribution in [0.5, 0.6) is 0 Å². The van der Waals surface area contributed by atoms with Crippen molar-refractivity contribution in [2.75, 3.05) is 5.73 Å². The monoisotopic (exact) mass is 356 g/mol. The van der Waals surface area contributed by atoms with Crippen LogP contribution in [0.25, 0.3) is 0 Å². The number of nitrogens with one attached hydrogen (secondary N) is 1. The van der Waals surface area contributed by atoms with E-state index < -0.39 is 20.7 Å². The summed E-state index contributed by atoms with van der Waals surface area (Å²) in [5.41, 5.74) is 5.14. The average molecular weight is 358 g/mol. The van der Waals surface area contributed by atoms with Gasteiger partial charge in [0.25, 0.3) is 0 Å². The molecule has 0 spiro atoms. The predicted molar refractivity (Wildman–Crippen MR) is 71.4 cm³/mol. The number of rotatable bonds is 3. The van der Waals surface area contributed by atoms with E-state index in [1.165, 1.54) is 0 Å². The van der Waals surface area contributed by atoms with Crippen LogP contribution >= 0.6 is 27.5 Å². The van der Waals surface area contributed by atoms with Crippen LogP contribution in [0.2, 0.25) is 5.02 Å². The van der Waals surface area contributed by atoms with E-state index in [9.17, 15) is 12.8 Å². The van der Waals surface area contributed by atoms with E-state index in [0.717, 1.165) is 12.5 Å². The molecule has 1 aliphatic rings. The Morgan fingerprint density at radius 3 is 2.67 bits per heavy atom. The fourth-order valence-corrected chi connectivity index (χ4v) is 3.58. The third-order valence-corrected chi connectivity index (χ3v) is 5.73. The maximum absolute atomic E-state index is 13.9. The molecule has 1 aromatic carbocycles. The van der Waals surface area contributed by atoms with Crippen LogP contribution in [0, 0.1) is 11.7 Å². The first-order valence-corrected chi connectivity index (χ1v) is 7.84. The Kier molecular flexibility index (Phi) is 3.61. The maximum atomic E-state index is 13.9. The highest BCUT2D eigenvalue weighted by atomic mass is 79.9. The van der Waals surface area contributed by atoms with Gasteiger partial charge in [-0.25, -0.2) is 17.5 Å². The first-order chi connectivity index (χ1) is 8.24. The van der Waals surface area contributed by atoms with E-state index >= 15 is 0 Å². The van der Waals surface area contributed by atoms with Gasteiger partial charge in [0.05, 0.1) is 15.2 Å². The second-order valence-electron chi connectivity index (χ2n) is 4.34. The second kappa shape index (κ2) is 4.63. The lowest BCUT2D eigenvalue weighted by Gasteiger charge is -2.10. The summed E-state index contributed by atoms with van der Waals surface area (Å²) in [7, 11) is -3.93. The molecule has 1 fully saturated rings. The Hall–Kier alpha value is -0.370. The molecule has 1 aromatic rings. The summed E-state index contributed by atoms with van der Waals surface area (Å²) >= 11 is 8.78. The molecule has 2 rings (SSSR count). The first kappa shape index (κ1) is 14.0. The van der Waals surface area contributed by atoms with E-state index in [2.05, 4.69) is 20.7 Å². The molecule has 0 aromatic heterocycles. The van der Waals surface area contributed by atoms with E-state index in [-0.39, 0.29) is 27.1 Å². The van der Waals surface area contributed by atoms with Crippen molar-refractivity contribution >= 4 is 43.2 Å². The number of hydrogen-bond donors (Lipinski definition) is 2. The van der Waals surface area contributed by atoms with Crippen molar-refractivity contribution in [2.45, 2.75) is 24.3 Å². The summed E-state index contributed by atoms with van der Waals surface area (Å²) in [4.78, 5) is -0.521. The summed E-state index contributed by atoms with van der Waals surface area (Å²) < 4.78 is 40.4. The Labute approximate surface area is 118 Å². The summed E-state index contributed by atoms with van der Waals surface area (Å²) in [6, 6.07) is 0.908. The van der Waals surface area contributed by atoms with Crippen molar-refractivity contribution in [2.24, 2.45) is 5.92 Å². The van der Waals surface area contributed by atoms with Crippen LogP contribution in [0.3, 0.4) is 0 Å². The second-order valence-corrected chi connectivity index (χ2v) is 7.22. The van der Waals surface area contributed by atoms with Crippen molar-refractivity contribution in [3.8, 4) is 0 Å². The van der Waals surface area contributed by atoms with Crippen LogP contribution in [0.4, 0.5) is 10.1 Å². The van der Waals surface area contributed by atoms with Crippen LogP contribution in [-0.2, 0) is 10.0 Å². The van der Waals surface area contributed by atoms with Gasteiger partial charge in [-0.15, -0.1) is 0 Å².